The van der Waals surface area contributed by atoms with E-state index >= 15 is 0 Å². The third kappa shape index (κ3) is 4.74. The first-order valence-corrected chi connectivity index (χ1v) is 9.79. The molecule has 0 N–H and O–H groups in total. The number of thiophene rings is 1. The molecular weight excluding hydrogens is 385 g/mol. The van der Waals surface area contributed by atoms with Crippen LogP contribution in [0, 0.1) is 0 Å². The lowest BCUT2D eigenvalue weighted by Crippen LogP contribution is -2.47. The molecule has 3 heterocycles. The molecule has 0 unspecified atom stereocenters. The summed E-state index contributed by atoms with van der Waals surface area (Å²) in [6, 6.07) is 4.40. The van der Waals surface area contributed by atoms with Gasteiger partial charge in [0.05, 0.1) is 16.3 Å². The molecule has 1 saturated heterocycles. The lowest BCUT2D eigenvalue weighted by molar-refractivity contribution is -0.141. The summed E-state index contributed by atoms with van der Waals surface area (Å²) in [5.41, 5.74) is -0.776. The van der Waals surface area contributed by atoms with Crippen LogP contribution in [0.15, 0.2) is 28.7 Å². The molecule has 0 saturated carbocycles. The van der Waals surface area contributed by atoms with Gasteiger partial charge in [-0.1, -0.05) is 17.8 Å². The number of piperazine rings is 1. The van der Waals surface area contributed by atoms with Gasteiger partial charge in [0.15, 0.2) is 5.16 Å². The number of thioether (sulfide) groups is 1. The zero-order valence-electron chi connectivity index (χ0n) is 14.0. The maximum absolute atomic E-state index is 13.1. The van der Waals surface area contributed by atoms with Crippen LogP contribution in [0.2, 0.25) is 0 Å². The van der Waals surface area contributed by atoms with E-state index in [4.69, 9.17) is 0 Å². The molecule has 0 aromatic carbocycles. The van der Waals surface area contributed by atoms with E-state index in [2.05, 4.69) is 14.9 Å². The van der Waals surface area contributed by atoms with Crippen molar-refractivity contribution in [2.45, 2.75) is 11.3 Å². The SMILES string of the molecule is CN1CCN(C(=O)CSc2nc(-c3cccs3)cc(C(F)(F)F)n2)CC1. The van der Waals surface area contributed by atoms with Crippen molar-refractivity contribution in [1.29, 1.82) is 0 Å². The summed E-state index contributed by atoms with van der Waals surface area (Å²) < 4.78 is 39.4. The third-order valence-corrected chi connectivity index (χ3v) is 5.67. The molecule has 1 aliphatic heterocycles. The molecule has 10 heteroatoms. The molecule has 140 valence electrons. The standard InChI is InChI=1S/C16H17F3N4OS2/c1-22-4-6-23(7-5-22)14(24)10-26-15-20-11(12-3-2-8-25-12)9-13(21-15)16(17,18)19/h2-3,8-9H,4-7,10H2,1H3. The van der Waals surface area contributed by atoms with Crippen LogP contribution in [-0.4, -0.2) is 64.7 Å². The molecule has 1 amide bonds. The van der Waals surface area contributed by atoms with Crippen LogP contribution >= 0.6 is 23.1 Å². The molecule has 1 fully saturated rings. The molecule has 5 nitrogen and oxygen atoms in total. The molecule has 0 atom stereocenters. The van der Waals surface area contributed by atoms with E-state index in [1.165, 1.54) is 11.3 Å². The van der Waals surface area contributed by atoms with Crippen molar-refractivity contribution >= 4 is 29.0 Å². The van der Waals surface area contributed by atoms with Crippen LogP contribution in [0.3, 0.4) is 0 Å². The minimum absolute atomic E-state index is 0.0227. The number of amides is 1. The van der Waals surface area contributed by atoms with Crippen LogP contribution < -0.4 is 0 Å². The number of hydrogen-bond acceptors (Lipinski definition) is 6. The normalized spacial score (nSPS) is 16.1. The Balaban J connectivity index is 1.74. The molecule has 0 aliphatic carbocycles. The predicted molar refractivity (Wildman–Crippen MR) is 95.1 cm³/mol. The van der Waals surface area contributed by atoms with Gasteiger partial charge in [0, 0.05) is 26.2 Å². The highest BCUT2D eigenvalue weighted by atomic mass is 32.2. The first-order valence-electron chi connectivity index (χ1n) is 7.92. The highest BCUT2D eigenvalue weighted by Gasteiger charge is 2.34. The highest BCUT2D eigenvalue weighted by Crippen LogP contribution is 2.33. The summed E-state index contributed by atoms with van der Waals surface area (Å²) >= 11 is 2.25. The van der Waals surface area contributed by atoms with Crippen molar-refractivity contribution in [2.75, 3.05) is 39.0 Å². The van der Waals surface area contributed by atoms with Crippen molar-refractivity contribution in [3.05, 3.63) is 29.3 Å². The van der Waals surface area contributed by atoms with E-state index in [1.54, 1.807) is 22.4 Å². The summed E-state index contributed by atoms with van der Waals surface area (Å²) in [4.78, 5) is 24.6. The average Bonchev–Trinajstić information content (AvgIpc) is 3.14. The van der Waals surface area contributed by atoms with Gasteiger partial charge in [0.1, 0.15) is 5.69 Å². The first kappa shape index (κ1) is 19.1. The van der Waals surface area contributed by atoms with Gasteiger partial charge >= 0.3 is 6.18 Å². The van der Waals surface area contributed by atoms with E-state index in [0.717, 1.165) is 30.9 Å². The molecule has 26 heavy (non-hydrogen) atoms. The zero-order valence-corrected chi connectivity index (χ0v) is 15.6. The maximum Gasteiger partial charge on any atom is 0.433 e. The van der Waals surface area contributed by atoms with Crippen LogP contribution in [0.5, 0.6) is 0 Å². The van der Waals surface area contributed by atoms with E-state index in [1.807, 2.05) is 7.05 Å². The van der Waals surface area contributed by atoms with Gasteiger partial charge in [-0.2, -0.15) is 13.2 Å². The van der Waals surface area contributed by atoms with Crippen molar-refractivity contribution in [1.82, 2.24) is 19.8 Å². The van der Waals surface area contributed by atoms with Gasteiger partial charge in [-0.25, -0.2) is 9.97 Å². The van der Waals surface area contributed by atoms with E-state index in [0.29, 0.717) is 18.0 Å². The summed E-state index contributed by atoms with van der Waals surface area (Å²) in [6.07, 6.45) is -4.56. The Morgan fingerprint density at radius 3 is 2.62 bits per heavy atom. The number of nitrogens with zero attached hydrogens (tertiary/aromatic N) is 4. The number of alkyl halides is 3. The van der Waals surface area contributed by atoms with Crippen molar-refractivity contribution < 1.29 is 18.0 Å². The molecule has 2 aromatic heterocycles. The summed E-state index contributed by atoms with van der Waals surface area (Å²) in [5, 5.41) is 1.74. The van der Waals surface area contributed by atoms with Crippen molar-refractivity contribution in [3.63, 3.8) is 0 Å². The van der Waals surface area contributed by atoms with Gasteiger partial charge < -0.3 is 9.80 Å². The molecule has 1 aliphatic rings. The van der Waals surface area contributed by atoms with Crippen LogP contribution in [0.4, 0.5) is 13.2 Å². The highest BCUT2D eigenvalue weighted by molar-refractivity contribution is 7.99. The Labute approximate surface area is 157 Å². The fraction of sp³-hybridized carbons (Fsp3) is 0.438. The lowest BCUT2D eigenvalue weighted by atomic mass is 10.3. The first-order chi connectivity index (χ1) is 12.3. The molecule has 3 rings (SSSR count). The number of rotatable bonds is 4. The van der Waals surface area contributed by atoms with E-state index in [9.17, 15) is 18.0 Å². The number of halogens is 3. The van der Waals surface area contributed by atoms with Gasteiger partial charge in [-0.15, -0.1) is 11.3 Å². The van der Waals surface area contributed by atoms with Crippen LogP contribution in [-0.2, 0) is 11.0 Å². The second-order valence-electron chi connectivity index (χ2n) is 5.87. The third-order valence-electron chi connectivity index (χ3n) is 3.95. The molecule has 0 spiro atoms. The maximum atomic E-state index is 13.1. The number of aromatic nitrogens is 2. The Morgan fingerprint density at radius 1 is 1.27 bits per heavy atom. The van der Waals surface area contributed by atoms with Crippen LogP contribution in [0.25, 0.3) is 10.6 Å². The van der Waals surface area contributed by atoms with Crippen molar-refractivity contribution in [3.8, 4) is 10.6 Å². The summed E-state index contributed by atoms with van der Waals surface area (Å²) in [7, 11) is 1.99. The van der Waals surface area contributed by atoms with Gasteiger partial charge in [-0.3, -0.25) is 4.79 Å². The largest absolute Gasteiger partial charge is 0.433 e. The average molecular weight is 402 g/mol. The topological polar surface area (TPSA) is 49.3 Å². The van der Waals surface area contributed by atoms with E-state index in [-0.39, 0.29) is 22.5 Å². The fourth-order valence-corrected chi connectivity index (χ4v) is 3.91. The van der Waals surface area contributed by atoms with Gasteiger partial charge in [-0.05, 0) is 24.6 Å². The number of carbonyl (C=O) groups is 1. The lowest BCUT2D eigenvalue weighted by Gasteiger charge is -2.32. The van der Waals surface area contributed by atoms with Gasteiger partial charge in [0.2, 0.25) is 5.91 Å². The van der Waals surface area contributed by atoms with E-state index < -0.39 is 11.9 Å². The molecule has 2 aromatic rings. The molecule has 0 bridgehead atoms. The molecular formula is C16H17F3N4OS2. The minimum atomic E-state index is -4.56. The smallest absolute Gasteiger partial charge is 0.339 e. The second-order valence-corrected chi connectivity index (χ2v) is 7.76. The van der Waals surface area contributed by atoms with Crippen molar-refractivity contribution in [2.24, 2.45) is 0 Å². The zero-order chi connectivity index (χ0) is 18.7. The number of likely N-dealkylation sites (N-methyl/N-ethyl adjacent to an activating group) is 1. The Hall–Kier alpha value is -1.65. The minimum Gasteiger partial charge on any atom is -0.339 e. The predicted octanol–water partition coefficient (Wildman–Crippen LogP) is 3.09. The Bertz CT molecular complexity index is 759. The summed E-state index contributed by atoms with van der Waals surface area (Å²) in [6.45, 7) is 2.83. The Kier molecular flexibility index (Phi) is 5.83. The fourth-order valence-electron chi connectivity index (χ4n) is 2.46. The Morgan fingerprint density at radius 2 is 2.00 bits per heavy atom. The summed E-state index contributed by atoms with van der Waals surface area (Å²) in [5.74, 6) is -0.0867. The quantitative estimate of drug-likeness (QED) is 0.581. The second kappa shape index (κ2) is 7.93. The number of carbonyl (C=O) groups excluding carboxylic acids is 1. The number of hydrogen-bond donors (Lipinski definition) is 0. The molecule has 0 radical (unpaired) electrons. The monoisotopic (exact) mass is 402 g/mol. The van der Waals surface area contributed by atoms with Crippen LogP contribution in [0.1, 0.15) is 5.69 Å². The van der Waals surface area contributed by atoms with Gasteiger partial charge in [0.25, 0.3) is 0 Å².